The second kappa shape index (κ2) is 7.62. The standard InChI is InChI=1S/C21H23ClN8/c1-28-8-10-30(11-9-28)15-5-3-4-14(12-15)20-25-21(29(2)27-20)24-18-7-6-17-16(19(18)22)13-23-26-17/h3-7,12-13H,8-11H2,1-2H3,(H,23,26)(H,24,25,27). The average molecular weight is 423 g/mol. The minimum absolute atomic E-state index is 0.600. The van der Waals surface area contributed by atoms with Crippen molar-refractivity contribution in [2.45, 2.75) is 0 Å². The molecule has 2 N–H and O–H groups in total. The van der Waals surface area contributed by atoms with Crippen LogP contribution in [0, 0.1) is 0 Å². The summed E-state index contributed by atoms with van der Waals surface area (Å²) in [6.45, 7) is 4.19. The lowest BCUT2D eigenvalue weighted by Crippen LogP contribution is -2.44. The lowest BCUT2D eigenvalue weighted by Gasteiger charge is -2.34. The molecule has 0 aliphatic carbocycles. The van der Waals surface area contributed by atoms with Crippen molar-refractivity contribution in [3.8, 4) is 11.4 Å². The molecule has 1 aliphatic heterocycles. The number of H-pyrrole nitrogens is 1. The Kier molecular flexibility index (Phi) is 4.80. The highest BCUT2D eigenvalue weighted by atomic mass is 35.5. The van der Waals surface area contributed by atoms with Gasteiger partial charge in [-0.3, -0.25) is 5.10 Å². The van der Waals surface area contributed by atoms with Gasteiger partial charge in [0.1, 0.15) is 0 Å². The fraction of sp³-hybridized carbons (Fsp3) is 0.286. The highest BCUT2D eigenvalue weighted by Crippen LogP contribution is 2.32. The van der Waals surface area contributed by atoms with E-state index in [1.807, 2.05) is 25.2 Å². The van der Waals surface area contributed by atoms with Gasteiger partial charge in [-0.15, -0.1) is 5.10 Å². The minimum Gasteiger partial charge on any atom is -0.369 e. The molecule has 5 rings (SSSR count). The van der Waals surface area contributed by atoms with Crippen LogP contribution in [-0.4, -0.2) is 63.1 Å². The third-order valence-corrected chi connectivity index (χ3v) is 5.95. The van der Waals surface area contributed by atoms with E-state index in [9.17, 15) is 0 Å². The second-order valence-corrected chi connectivity index (χ2v) is 7.98. The number of hydrogen-bond acceptors (Lipinski definition) is 6. The Morgan fingerprint density at radius 2 is 1.90 bits per heavy atom. The van der Waals surface area contributed by atoms with Gasteiger partial charge in [0, 0.05) is 49.9 Å². The molecular formula is C21H23ClN8. The molecule has 9 heteroatoms. The molecule has 1 saturated heterocycles. The number of halogens is 1. The van der Waals surface area contributed by atoms with Crippen molar-refractivity contribution in [1.29, 1.82) is 0 Å². The number of nitrogens with one attached hydrogen (secondary N) is 2. The fourth-order valence-electron chi connectivity index (χ4n) is 3.72. The van der Waals surface area contributed by atoms with Crippen LogP contribution < -0.4 is 10.2 Å². The number of aromatic nitrogens is 5. The molecule has 0 saturated carbocycles. The summed E-state index contributed by atoms with van der Waals surface area (Å²) >= 11 is 6.54. The zero-order valence-electron chi connectivity index (χ0n) is 16.9. The van der Waals surface area contributed by atoms with Crippen LogP contribution in [0.4, 0.5) is 17.3 Å². The molecule has 8 nitrogen and oxygen atoms in total. The van der Waals surface area contributed by atoms with Crippen molar-refractivity contribution in [3.05, 3.63) is 47.6 Å². The number of rotatable bonds is 4. The van der Waals surface area contributed by atoms with Crippen LogP contribution in [0.2, 0.25) is 5.02 Å². The Morgan fingerprint density at radius 3 is 2.73 bits per heavy atom. The third kappa shape index (κ3) is 3.48. The number of hydrogen-bond donors (Lipinski definition) is 2. The van der Waals surface area contributed by atoms with Gasteiger partial charge < -0.3 is 15.1 Å². The van der Waals surface area contributed by atoms with Gasteiger partial charge >= 0.3 is 0 Å². The van der Waals surface area contributed by atoms with Crippen molar-refractivity contribution in [2.24, 2.45) is 7.05 Å². The van der Waals surface area contributed by atoms with E-state index >= 15 is 0 Å². The Hall–Kier alpha value is -3.10. The highest BCUT2D eigenvalue weighted by Gasteiger charge is 2.17. The molecule has 0 spiro atoms. The van der Waals surface area contributed by atoms with Crippen molar-refractivity contribution in [3.63, 3.8) is 0 Å². The largest absolute Gasteiger partial charge is 0.369 e. The number of likely N-dealkylation sites (N-methyl/N-ethyl adjacent to an activating group) is 1. The van der Waals surface area contributed by atoms with Gasteiger partial charge in [0.15, 0.2) is 5.82 Å². The van der Waals surface area contributed by atoms with E-state index in [1.165, 1.54) is 5.69 Å². The summed E-state index contributed by atoms with van der Waals surface area (Å²) in [7, 11) is 4.03. The summed E-state index contributed by atoms with van der Waals surface area (Å²) in [6.07, 6.45) is 1.72. The maximum atomic E-state index is 6.54. The van der Waals surface area contributed by atoms with Crippen LogP contribution in [0.3, 0.4) is 0 Å². The molecule has 0 amide bonds. The van der Waals surface area contributed by atoms with Crippen LogP contribution in [-0.2, 0) is 7.05 Å². The molecule has 0 bridgehead atoms. The smallest absolute Gasteiger partial charge is 0.225 e. The molecule has 30 heavy (non-hydrogen) atoms. The number of aryl methyl sites for hydroxylation is 1. The summed E-state index contributed by atoms with van der Waals surface area (Å²) in [5.74, 6) is 1.30. The molecule has 4 aromatic rings. The zero-order chi connectivity index (χ0) is 20.7. The van der Waals surface area contributed by atoms with Gasteiger partial charge in [-0.05, 0) is 31.3 Å². The lowest BCUT2D eigenvalue weighted by molar-refractivity contribution is 0.313. The van der Waals surface area contributed by atoms with Gasteiger partial charge in [-0.1, -0.05) is 23.7 Å². The molecule has 0 unspecified atom stereocenters. The Labute approximate surface area is 179 Å². The van der Waals surface area contributed by atoms with E-state index in [-0.39, 0.29) is 0 Å². The first-order valence-corrected chi connectivity index (χ1v) is 10.3. The number of anilines is 3. The number of fused-ring (bicyclic) bond motifs is 1. The molecule has 0 radical (unpaired) electrons. The average Bonchev–Trinajstić information content (AvgIpc) is 3.38. The van der Waals surface area contributed by atoms with Gasteiger partial charge in [0.2, 0.25) is 5.95 Å². The first-order valence-electron chi connectivity index (χ1n) is 9.92. The lowest BCUT2D eigenvalue weighted by atomic mass is 10.1. The Balaban J connectivity index is 1.41. The third-order valence-electron chi connectivity index (χ3n) is 5.54. The number of nitrogens with zero attached hydrogens (tertiary/aromatic N) is 6. The SMILES string of the molecule is CN1CCN(c2cccc(-c3nc(Nc4ccc5[nH]ncc5c4Cl)n(C)n3)c2)CC1. The predicted octanol–water partition coefficient (Wildman–Crippen LogP) is 3.51. The summed E-state index contributed by atoms with van der Waals surface area (Å²) < 4.78 is 1.73. The summed E-state index contributed by atoms with van der Waals surface area (Å²) in [6, 6.07) is 12.3. The topological polar surface area (TPSA) is 77.9 Å². The van der Waals surface area contributed by atoms with Crippen molar-refractivity contribution < 1.29 is 0 Å². The number of piperazine rings is 1. The molecule has 2 aromatic heterocycles. The van der Waals surface area contributed by atoms with Crippen molar-refractivity contribution >= 4 is 39.8 Å². The van der Waals surface area contributed by atoms with Crippen LogP contribution in [0.25, 0.3) is 22.3 Å². The van der Waals surface area contributed by atoms with Crippen LogP contribution in [0.5, 0.6) is 0 Å². The van der Waals surface area contributed by atoms with Gasteiger partial charge in [-0.25, -0.2) is 4.68 Å². The van der Waals surface area contributed by atoms with Crippen LogP contribution >= 0.6 is 11.6 Å². The fourth-order valence-corrected chi connectivity index (χ4v) is 3.98. The molecule has 1 aliphatic rings. The number of benzene rings is 2. The molecule has 2 aromatic carbocycles. The molecule has 154 valence electrons. The van der Waals surface area contributed by atoms with E-state index in [0.717, 1.165) is 48.3 Å². The molecule has 1 fully saturated rings. The Morgan fingerprint density at radius 1 is 1.07 bits per heavy atom. The molecule has 0 atom stereocenters. The van der Waals surface area contributed by atoms with E-state index in [4.69, 9.17) is 16.6 Å². The molecule has 3 heterocycles. The van der Waals surface area contributed by atoms with E-state index in [0.29, 0.717) is 16.8 Å². The van der Waals surface area contributed by atoms with E-state index in [1.54, 1.807) is 10.9 Å². The van der Waals surface area contributed by atoms with Crippen molar-refractivity contribution in [1.82, 2.24) is 29.9 Å². The maximum Gasteiger partial charge on any atom is 0.225 e. The molecular weight excluding hydrogens is 400 g/mol. The summed E-state index contributed by atoms with van der Waals surface area (Å²) in [5.41, 5.74) is 3.85. The highest BCUT2D eigenvalue weighted by molar-refractivity contribution is 6.38. The van der Waals surface area contributed by atoms with Gasteiger partial charge in [0.05, 0.1) is 22.4 Å². The monoisotopic (exact) mass is 422 g/mol. The number of aromatic amines is 1. The van der Waals surface area contributed by atoms with Gasteiger partial charge in [-0.2, -0.15) is 10.1 Å². The first kappa shape index (κ1) is 18.9. The minimum atomic E-state index is 0.600. The first-order chi connectivity index (χ1) is 14.6. The quantitative estimate of drug-likeness (QED) is 0.524. The second-order valence-electron chi connectivity index (χ2n) is 7.61. The summed E-state index contributed by atoms with van der Waals surface area (Å²) in [5, 5.41) is 16.3. The van der Waals surface area contributed by atoms with Crippen LogP contribution in [0.1, 0.15) is 0 Å². The van der Waals surface area contributed by atoms with E-state index < -0.39 is 0 Å². The van der Waals surface area contributed by atoms with Crippen LogP contribution in [0.15, 0.2) is 42.6 Å². The predicted molar refractivity (Wildman–Crippen MR) is 121 cm³/mol. The van der Waals surface area contributed by atoms with E-state index in [2.05, 4.69) is 55.7 Å². The van der Waals surface area contributed by atoms with Crippen molar-refractivity contribution in [2.75, 3.05) is 43.4 Å². The summed E-state index contributed by atoms with van der Waals surface area (Å²) in [4.78, 5) is 9.47. The normalized spacial score (nSPS) is 15.1. The maximum absolute atomic E-state index is 6.54. The van der Waals surface area contributed by atoms with Gasteiger partial charge in [0.25, 0.3) is 0 Å². The zero-order valence-corrected chi connectivity index (χ0v) is 17.7. The Bertz CT molecular complexity index is 1190.